The molecule has 1 aromatic heterocycles. The predicted molar refractivity (Wildman–Crippen MR) is 102 cm³/mol. The number of hydrogen-bond donors (Lipinski definition) is 3. The van der Waals surface area contributed by atoms with Gasteiger partial charge >= 0.3 is 0 Å². The zero-order chi connectivity index (χ0) is 19.1. The van der Waals surface area contributed by atoms with Gasteiger partial charge in [0.2, 0.25) is 11.8 Å². The van der Waals surface area contributed by atoms with Crippen LogP contribution in [0.25, 0.3) is 0 Å². The summed E-state index contributed by atoms with van der Waals surface area (Å²) >= 11 is 7.09. The Morgan fingerprint density at radius 3 is 2.77 bits per heavy atom. The molecule has 0 bridgehead atoms. The molecular weight excluding hydrogens is 376 g/mol. The van der Waals surface area contributed by atoms with Gasteiger partial charge in [0.25, 0.3) is 0 Å². The number of halogens is 1. The number of carbonyl (C=O) groups is 2. The first-order chi connectivity index (χ1) is 12.4. The van der Waals surface area contributed by atoms with E-state index in [-0.39, 0.29) is 36.8 Å². The fourth-order valence-electron chi connectivity index (χ4n) is 2.21. The lowest BCUT2D eigenvalue weighted by Gasteiger charge is -2.12. The van der Waals surface area contributed by atoms with E-state index in [9.17, 15) is 14.7 Å². The summed E-state index contributed by atoms with van der Waals surface area (Å²) in [7, 11) is 0. The van der Waals surface area contributed by atoms with E-state index in [2.05, 4.69) is 15.6 Å². The van der Waals surface area contributed by atoms with Crippen molar-refractivity contribution in [1.82, 2.24) is 14.9 Å². The van der Waals surface area contributed by atoms with E-state index in [4.69, 9.17) is 11.6 Å². The molecule has 0 radical (unpaired) electrons. The topological polar surface area (TPSA) is 96.2 Å². The number of aliphatic hydroxyl groups excluding tert-OH is 1. The molecule has 1 heterocycles. The van der Waals surface area contributed by atoms with E-state index >= 15 is 0 Å². The van der Waals surface area contributed by atoms with Gasteiger partial charge in [0.05, 0.1) is 24.3 Å². The fraction of sp³-hybridized carbons (Fsp3) is 0.353. The Morgan fingerprint density at radius 1 is 1.35 bits per heavy atom. The summed E-state index contributed by atoms with van der Waals surface area (Å²) in [5, 5.41) is 16.0. The van der Waals surface area contributed by atoms with Gasteiger partial charge in [0.15, 0.2) is 5.16 Å². The van der Waals surface area contributed by atoms with Crippen LogP contribution < -0.4 is 10.6 Å². The molecular formula is C17H21ClN4O3S. The van der Waals surface area contributed by atoms with Crippen LogP contribution in [-0.2, 0) is 22.7 Å². The van der Waals surface area contributed by atoms with Gasteiger partial charge in [-0.2, -0.15) is 0 Å². The summed E-state index contributed by atoms with van der Waals surface area (Å²) in [6.07, 6.45) is 1.50. The van der Waals surface area contributed by atoms with Crippen LogP contribution >= 0.6 is 23.4 Å². The fourth-order valence-corrected chi connectivity index (χ4v) is 3.19. The van der Waals surface area contributed by atoms with E-state index in [1.54, 1.807) is 28.8 Å². The minimum atomic E-state index is -0.239. The highest BCUT2D eigenvalue weighted by Crippen LogP contribution is 2.20. The second kappa shape index (κ2) is 9.61. The Kier molecular flexibility index (Phi) is 7.50. The lowest BCUT2D eigenvalue weighted by atomic mass is 10.3. The van der Waals surface area contributed by atoms with Crippen LogP contribution in [0.1, 0.15) is 19.5 Å². The second-order valence-electron chi connectivity index (χ2n) is 5.85. The maximum Gasteiger partial charge on any atom is 0.240 e. The highest BCUT2D eigenvalue weighted by atomic mass is 35.5. The first kappa shape index (κ1) is 20.3. The molecule has 0 aliphatic rings. The highest BCUT2D eigenvalue weighted by molar-refractivity contribution is 7.99. The summed E-state index contributed by atoms with van der Waals surface area (Å²) in [6.45, 7) is 3.53. The lowest BCUT2D eigenvalue weighted by Crippen LogP contribution is -2.33. The number of hydrogen-bond acceptors (Lipinski definition) is 5. The number of aromatic nitrogens is 2. The molecule has 140 valence electrons. The molecule has 0 atom stereocenters. The Balaban J connectivity index is 1.99. The third-order valence-electron chi connectivity index (χ3n) is 3.26. The second-order valence-corrected chi connectivity index (χ2v) is 7.22. The molecule has 1 aromatic carbocycles. The van der Waals surface area contributed by atoms with Crippen LogP contribution in [0.3, 0.4) is 0 Å². The molecule has 9 heteroatoms. The maximum atomic E-state index is 12.1. The SMILES string of the molecule is CC(C)NC(=O)Cn1c(CO)cnc1SCC(=O)Nc1cccc(Cl)c1. The van der Waals surface area contributed by atoms with Gasteiger partial charge in [-0.25, -0.2) is 4.98 Å². The van der Waals surface area contributed by atoms with Crippen LogP contribution in [-0.4, -0.2) is 38.3 Å². The number of imidazole rings is 1. The van der Waals surface area contributed by atoms with Gasteiger partial charge in [-0.15, -0.1) is 0 Å². The third-order valence-corrected chi connectivity index (χ3v) is 4.48. The number of anilines is 1. The highest BCUT2D eigenvalue weighted by Gasteiger charge is 2.15. The van der Waals surface area contributed by atoms with Gasteiger partial charge < -0.3 is 20.3 Å². The number of carbonyl (C=O) groups excluding carboxylic acids is 2. The van der Waals surface area contributed by atoms with Crippen molar-refractivity contribution >= 4 is 40.9 Å². The monoisotopic (exact) mass is 396 g/mol. The summed E-state index contributed by atoms with van der Waals surface area (Å²) in [4.78, 5) is 28.3. The van der Waals surface area contributed by atoms with Crippen molar-refractivity contribution in [3.8, 4) is 0 Å². The Morgan fingerprint density at radius 2 is 2.12 bits per heavy atom. The van der Waals surface area contributed by atoms with Gasteiger partial charge in [-0.05, 0) is 32.0 Å². The first-order valence-electron chi connectivity index (χ1n) is 8.02. The van der Waals surface area contributed by atoms with Crippen LogP contribution in [0.5, 0.6) is 0 Å². The molecule has 0 fully saturated rings. The Hall–Kier alpha value is -2.03. The molecule has 3 N–H and O–H groups in total. The minimum Gasteiger partial charge on any atom is -0.390 e. The standard InChI is InChI=1S/C17H21ClN4O3S/c1-11(2)20-15(24)8-22-14(9-23)7-19-17(22)26-10-16(25)21-13-5-3-4-12(18)6-13/h3-7,11,23H,8-10H2,1-2H3,(H,20,24)(H,21,25). The van der Waals surface area contributed by atoms with Crippen LogP contribution in [0.4, 0.5) is 5.69 Å². The molecule has 2 aromatic rings. The largest absolute Gasteiger partial charge is 0.390 e. The molecule has 26 heavy (non-hydrogen) atoms. The van der Waals surface area contributed by atoms with E-state index in [1.165, 1.54) is 18.0 Å². The summed E-state index contributed by atoms with van der Waals surface area (Å²) < 4.78 is 1.61. The van der Waals surface area contributed by atoms with Crippen molar-refractivity contribution in [1.29, 1.82) is 0 Å². The number of nitrogens with one attached hydrogen (secondary N) is 2. The van der Waals surface area contributed by atoms with Crippen LogP contribution in [0.2, 0.25) is 5.02 Å². The van der Waals surface area contributed by atoms with Crippen molar-refractivity contribution in [3.63, 3.8) is 0 Å². The molecule has 0 aliphatic carbocycles. The summed E-state index contributed by atoms with van der Waals surface area (Å²) in [6, 6.07) is 6.89. The van der Waals surface area contributed by atoms with Crippen molar-refractivity contribution in [2.45, 2.75) is 38.2 Å². The van der Waals surface area contributed by atoms with Crippen molar-refractivity contribution in [3.05, 3.63) is 41.2 Å². The Bertz CT molecular complexity index is 779. The molecule has 7 nitrogen and oxygen atoms in total. The molecule has 0 spiro atoms. The number of benzene rings is 1. The molecule has 0 saturated heterocycles. The van der Waals surface area contributed by atoms with E-state index in [0.29, 0.717) is 21.6 Å². The normalized spacial score (nSPS) is 10.8. The molecule has 0 unspecified atom stereocenters. The first-order valence-corrected chi connectivity index (χ1v) is 9.38. The Labute approximate surface area is 161 Å². The van der Waals surface area contributed by atoms with Crippen LogP contribution in [0, 0.1) is 0 Å². The van der Waals surface area contributed by atoms with Gasteiger partial charge in [0.1, 0.15) is 6.54 Å². The van der Waals surface area contributed by atoms with Crippen molar-refractivity contribution in [2.75, 3.05) is 11.1 Å². The average Bonchev–Trinajstić information content (AvgIpc) is 2.94. The predicted octanol–water partition coefficient (Wildman–Crippen LogP) is 2.28. The molecule has 0 saturated carbocycles. The smallest absolute Gasteiger partial charge is 0.240 e. The summed E-state index contributed by atoms with van der Waals surface area (Å²) in [5.41, 5.74) is 1.13. The van der Waals surface area contributed by atoms with Crippen molar-refractivity contribution in [2.24, 2.45) is 0 Å². The third kappa shape index (κ3) is 6.05. The van der Waals surface area contributed by atoms with Gasteiger partial charge in [-0.1, -0.05) is 29.4 Å². The maximum absolute atomic E-state index is 12.1. The number of thioether (sulfide) groups is 1. The minimum absolute atomic E-state index is 0.0168. The van der Waals surface area contributed by atoms with Crippen LogP contribution in [0.15, 0.2) is 35.6 Å². The summed E-state index contributed by atoms with van der Waals surface area (Å²) in [5.74, 6) is -0.290. The van der Waals surface area contributed by atoms with E-state index < -0.39 is 0 Å². The van der Waals surface area contributed by atoms with Gasteiger partial charge in [0, 0.05) is 16.8 Å². The van der Waals surface area contributed by atoms with E-state index in [1.807, 2.05) is 13.8 Å². The average molecular weight is 397 g/mol. The number of rotatable bonds is 8. The zero-order valence-electron chi connectivity index (χ0n) is 14.5. The molecule has 0 aliphatic heterocycles. The molecule has 2 amide bonds. The lowest BCUT2D eigenvalue weighted by molar-refractivity contribution is -0.122. The quantitative estimate of drug-likeness (QED) is 0.595. The molecule has 2 rings (SSSR count). The van der Waals surface area contributed by atoms with Crippen molar-refractivity contribution < 1.29 is 14.7 Å². The number of amides is 2. The van der Waals surface area contributed by atoms with Gasteiger partial charge in [-0.3, -0.25) is 9.59 Å². The zero-order valence-corrected chi connectivity index (χ0v) is 16.1. The van der Waals surface area contributed by atoms with E-state index in [0.717, 1.165) is 0 Å². The number of aliphatic hydroxyl groups is 1. The number of nitrogens with zero attached hydrogens (tertiary/aromatic N) is 2.